The van der Waals surface area contributed by atoms with E-state index in [4.69, 9.17) is 9.47 Å². The molecule has 2 rings (SSSR count). The summed E-state index contributed by atoms with van der Waals surface area (Å²) in [5, 5.41) is 12.6. The minimum absolute atomic E-state index is 0.209. The number of rotatable bonds is 14. The summed E-state index contributed by atoms with van der Waals surface area (Å²) in [7, 11) is 1.38. The normalized spacial score (nSPS) is 11.6. The molecule has 7 heteroatoms. The van der Waals surface area contributed by atoms with E-state index in [2.05, 4.69) is 19.3 Å². The zero-order valence-electron chi connectivity index (χ0n) is 18.0. The van der Waals surface area contributed by atoms with Gasteiger partial charge in [0.25, 0.3) is 0 Å². The summed E-state index contributed by atoms with van der Waals surface area (Å²) in [6.45, 7) is 4.59. The van der Waals surface area contributed by atoms with Crippen LogP contribution in [-0.2, 0) is 22.6 Å². The third-order valence-corrected chi connectivity index (χ3v) is 4.72. The second kappa shape index (κ2) is 13.9. The molecule has 0 aromatic heterocycles. The lowest BCUT2D eigenvalue weighted by Gasteiger charge is -2.18. The quantitative estimate of drug-likeness (QED) is 0.283. The van der Waals surface area contributed by atoms with Crippen LogP contribution in [0.15, 0.2) is 54.6 Å². The summed E-state index contributed by atoms with van der Waals surface area (Å²) in [6, 6.07) is 16.7. The molecule has 0 spiro atoms. The number of benzene rings is 2. The number of unbranched alkanes of at least 4 members (excludes halogenated alkanes) is 2. The Morgan fingerprint density at radius 3 is 2.47 bits per heavy atom. The molecule has 1 radical (unpaired) electrons. The van der Waals surface area contributed by atoms with E-state index in [1.807, 2.05) is 54.6 Å². The van der Waals surface area contributed by atoms with Crippen molar-refractivity contribution < 1.29 is 19.3 Å². The summed E-state index contributed by atoms with van der Waals surface area (Å²) < 4.78 is 11.2. The molecule has 0 fully saturated rings. The van der Waals surface area contributed by atoms with Crippen molar-refractivity contribution in [3.05, 3.63) is 65.7 Å². The van der Waals surface area contributed by atoms with Crippen LogP contribution in [0.5, 0.6) is 5.75 Å². The van der Waals surface area contributed by atoms with Gasteiger partial charge in [0.05, 0.1) is 6.61 Å². The van der Waals surface area contributed by atoms with Crippen LogP contribution in [0.4, 0.5) is 0 Å². The van der Waals surface area contributed by atoms with Crippen molar-refractivity contribution in [3.8, 4) is 5.75 Å². The largest absolute Gasteiger partial charge is 0.494 e. The molecule has 0 aliphatic rings. The Labute approximate surface area is 181 Å². The molecule has 2 aromatic carbocycles. The maximum absolute atomic E-state index is 12.5. The van der Waals surface area contributed by atoms with Crippen LogP contribution in [0.1, 0.15) is 30.4 Å². The van der Waals surface area contributed by atoms with Gasteiger partial charge in [0.1, 0.15) is 25.7 Å². The Morgan fingerprint density at radius 2 is 1.80 bits per heavy atom. The predicted molar refractivity (Wildman–Crippen MR) is 123 cm³/mol. The van der Waals surface area contributed by atoms with E-state index in [0.29, 0.717) is 13.0 Å². The van der Waals surface area contributed by atoms with Crippen molar-refractivity contribution in [2.75, 3.05) is 6.61 Å². The van der Waals surface area contributed by atoms with E-state index in [0.717, 1.165) is 29.6 Å². The Kier molecular flexibility index (Phi) is 11.1. The van der Waals surface area contributed by atoms with Gasteiger partial charge in [-0.25, -0.2) is 0 Å². The number of carbonyl (C=O) groups is 1. The molecule has 0 heterocycles. The number of ether oxygens (including phenoxy) is 2. The minimum Gasteiger partial charge on any atom is -0.494 e. The van der Waals surface area contributed by atoms with Crippen LogP contribution >= 0.6 is 0 Å². The highest BCUT2D eigenvalue weighted by Gasteiger charge is 2.23. The number of hydrogen-bond donors (Lipinski definition) is 2. The highest BCUT2D eigenvalue weighted by atomic mass is 16.5. The average Bonchev–Trinajstić information content (AvgIpc) is 2.75. The van der Waals surface area contributed by atoms with Gasteiger partial charge in [0, 0.05) is 0 Å². The van der Waals surface area contributed by atoms with Crippen LogP contribution in [0.25, 0.3) is 0 Å². The monoisotopic (exact) mass is 408 g/mol. The highest BCUT2D eigenvalue weighted by Crippen LogP contribution is 2.15. The van der Waals surface area contributed by atoms with Crippen molar-refractivity contribution in [3.63, 3.8) is 0 Å². The zero-order chi connectivity index (χ0) is 21.6. The Morgan fingerprint density at radius 1 is 1.07 bits per heavy atom. The lowest BCUT2D eigenvalue weighted by Crippen LogP contribution is -2.46. The van der Waals surface area contributed by atoms with Gasteiger partial charge in [-0.05, 0) is 42.9 Å². The van der Waals surface area contributed by atoms with Crippen LogP contribution in [0.3, 0.4) is 0 Å². The summed E-state index contributed by atoms with van der Waals surface area (Å²) in [6.07, 6.45) is 5.00. The number of esters is 1. The fourth-order valence-corrected chi connectivity index (χ4v) is 3.11. The van der Waals surface area contributed by atoms with Gasteiger partial charge in [-0.1, -0.05) is 68.4 Å². The molecular formula is C23H32B2NO4. The first-order valence-corrected chi connectivity index (χ1v) is 10.7. The molecule has 0 saturated carbocycles. The van der Waals surface area contributed by atoms with Crippen LogP contribution in [-0.4, -0.2) is 38.0 Å². The smallest absolute Gasteiger partial charge is 0.374 e. The topological polar surface area (TPSA) is 67.8 Å². The SMILES string of the molecule is C[B]CCCCCOc1ccc(C[C@H](NB(C)O)C(=O)OCc2ccccc2)cc1. The molecule has 159 valence electrons. The second-order valence-electron chi connectivity index (χ2n) is 7.44. The maximum atomic E-state index is 12.5. The van der Waals surface area contributed by atoms with Crippen molar-refractivity contribution in [2.45, 2.75) is 58.3 Å². The first kappa shape index (κ1) is 24.0. The molecular weight excluding hydrogens is 376 g/mol. The first-order valence-electron chi connectivity index (χ1n) is 10.7. The van der Waals surface area contributed by atoms with E-state index in [9.17, 15) is 9.82 Å². The van der Waals surface area contributed by atoms with Gasteiger partial charge in [-0.15, -0.1) is 0 Å². The lowest BCUT2D eigenvalue weighted by atomic mass is 9.76. The van der Waals surface area contributed by atoms with Crippen molar-refractivity contribution in [2.24, 2.45) is 0 Å². The summed E-state index contributed by atoms with van der Waals surface area (Å²) in [5.41, 5.74) is 1.90. The zero-order valence-corrected chi connectivity index (χ0v) is 18.0. The third-order valence-electron chi connectivity index (χ3n) is 4.72. The molecule has 2 aromatic rings. The maximum Gasteiger partial charge on any atom is 0.374 e. The molecule has 0 aliphatic carbocycles. The van der Waals surface area contributed by atoms with E-state index in [-0.39, 0.29) is 12.6 Å². The van der Waals surface area contributed by atoms with Gasteiger partial charge in [0.2, 0.25) is 0 Å². The molecule has 0 bridgehead atoms. The van der Waals surface area contributed by atoms with Gasteiger partial charge < -0.3 is 19.7 Å². The van der Waals surface area contributed by atoms with E-state index < -0.39 is 13.1 Å². The van der Waals surface area contributed by atoms with Gasteiger partial charge in [-0.3, -0.25) is 4.79 Å². The molecule has 0 aliphatic heterocycles. The van der Waals surface area contributed by atoms with Gasteiger partial charge in [-0.2, -0.15) is 0 Å². The Bertz CT molecular complexity index is 726. The number of hydrogen-bond acceptors (Lipinski definition) is 5. The number of nitrogens with one attached hydrogen (secondary N) is 1. The van der Waals surface area contributed by atoms with Crippen molar-refractivity contribution in [1.82, 2.24) is 5.23 Å². The van der Waals surface area contributed by atoms with E-state index in [1.165, 1.54) is 12.8 Å². The van der Waals surface area contributed by atoms with Crippen molar-refractivity contribution in [1.29, 1.82) is 0 Å². The Balaban J connectivity index is 1.83. The van der Waals surface area contributed by atoms with E-state index >= 15 is 0 Å². The molecule has 5 nitrogen and oxygen atoms in total. The summed E-state index contributed by atoms with van der Waals surface area (Å²) in [5.74, 6) is 0.442. The molecule has 0 saturated heterocycles. The van der Waals surface area contributed by atoms with Crippen molar-refractivity contribution >= 4 is 20.3 Å². The molecule has 2 N–H and O–H groups in total. The fraction of sp³-hybridized carbons (Fsp3) is 0.435. The molecule has 30 heavy (non-hydrogen) atoms. The summed E-state index contributed by atoms with van der Waals surface area (Å²) >= 11 is 0. The fourth-order valence-electron chi connectivity index (χ4n) is 3.11. The number of carbonyl (C=O) groups excluding carboxylic acids is 1. The molecule has 0 unspecified atom stereocenters. The van der Waals surface area contributed by atoms with Gasteiger partial charge in [0.15, 0.2) is 0 Å². The lowest BCUT2D eigenvalue weighted by molar-refractivity contribution is -0.147. The second-order valence-corrected chi connectivity index (χ2v) is 7.44. The predicted octanol–water partition coefficient (Wildman–Crippen LogP) is 3.76. The van der Waals surface area contributed by atoms with Crippen LogP contribution in [0, 0.1) is 0 Å². The van der Waals surface area contributed by atoms with Gasteiger partial charge >= 0.3 is 13.0 Å². The standard InChI is InChI=1S/C23H32B2NO4/c1-24-15-7-4-8-16-29-21-13-11-19(12-14-21)17-22(26-25(2)28)23(27)30-18-20-9-5-3-6-10-20/h3,5-6,9-14,22,26,28H,4,7-8,15-18H2,1-2H3/t22-/m0/s1. The molecule has 1 atom stereocenters. The van der Waals surface area contributed by atoms with E-state index in [1.54, 1.807) is 6.82 Å². The average molecular weight is 408 g/mol. The Hall–Kier alpha value is -2.24. The first-order chi connectivity index (χ1) is 14.6. The van der Waals surface area contributed by atoms with Crippen LogP contribution in [0.2, 0.25) is 20.0 Å². The summed E-state index contributed by atoms with van der Waals surface area (Å²) in [4.78, 5) is 12.5. The molecule has 0 amide bonds. The third kappa shape index (κ3) is 9.51. The highest BCUT2D eigenvalue weighted by molar-refractivity contribution is 6.46. The minimum atomic E-state index is -0.813. The van der Waals surface area contributed by atoms with Crippen LogP contribution < -0.4 is 9.96 Å².